The molecule has 2 aromatic heterocycles. The number of hydrogen-bond acceptors (Lipinski definition) is 7. The second kappa shape index (κ2) is 7.43. The molecule has 0 bridgehead atoms. The zero-order chi connectivity index (χ0) is 19.5. The Morgan fingerprint density at radius 2 is 1.68 bits per heavy atom. The first-order valence-electron chi connectivity index (χ1n) is 8.69. The van der Waals surface area contributed by atoms with E-state index in [1.54, 1.807) is 35.3 Å². The minimum atomic E-state index is -0.136. The second-order valence-electron chi connectivity index (χ2n) is 6.42. The van der Waals surface area contributed by atoms with Gasteiger partial charge in [-0.3, -0.25) is 9.59 Å². The summed E-state index contributed by atoms with van der Waals surface area (Å²) in [7, 11) is 0. The monoisotopic (exact) mass is 378 g/mol. The van der Waals surface area contributed by atoms with Crippen molar-refractivity contribution < 1.29 is 9.59 Å². The molecule has 28 heavy (non-hydrogen) atoms. The van der Waals surface area contributed by atoms with E-state index in [9.17, 15) is 9.59 Å². The third-order valence-electron chi connectivity index (χ3n) is 4.34. The van der Waals surface area contributed by atoms with Gasteiger partial charge in [-0.05, 0) is 24.3 Å². The Morgan fingerprint density at radius 3 is 2.32 bits per heavy atom. The summed E-state index contributed by atoms with van der Waals surface area (Å²) in [6.07, 6.45) is 4.47. The van der Waals surface area contributed by atoms with Crippen LogP contribution in [0.25, 0.3) is 5.82 Å². The zero-order valence-electron chi connectivity index (χ0n) is 15.1. The van der Waals surface area contributed by atoms with Crippen LogP contribution in [0.5, 0.6) is 0 Å². The summed E-state index contributed by atoms with van der Waals surface area (Å²) in [5.41, 5.74) is 1.38. The number of aromatic nitrogens is 5. The van der Waals surface area contributed by atoms with E-state index < -0.39 is 0 Å². The normalized spacial score (nSPS) is 13.7. The lowest BCUT2D eigenvalue weighted by molar-refractivity contribution is -0.120. The maximum Gasteiger partial charge on any atom is 0.231 e. The topological polar surface area (TPSA) is 118 Å². The van der Waals surface area contributed by atoms with Crippen LogP contribution in [0.4, 0.5) is 17.2 Å². The second-order valence-corrected chi connectivity index (χ2v) is 6.42. The van der Waals surface area contributed by atoms with E-state index >= 15 is 0 Å². The number of nitrogens with zero attached hydrogens (tertiary/aromatic N) is 6. The van der Waals surface area contributed by atoms with Crippen molar-refractivity contribution in [3.63, 3.8) is 0 Å². The molecule has 1 saturated heterocycles. The first-order chi connectivity index (χ1) is 13.6. The van der Waals surface area contributed by atoms with Gasteiger partial charge in [-0.2, -0.15) is 5.10 Å². The molecular formula is C18H18N8O2. The predicted molar refractivity (Wildman–Crippen MR) is 102 cm³/mol. The molecule has 0 atom stereocenters. The summed E-state index contributed by atoms with van der Waals surface area (Å²) < 4.78 is 1.56. The van der Waals surface area contributed by atoms with Crippen LogP contribution in [0.1, 0.15) is 6.92 Å². The Hall–Kier alpha value is -3.82. The van der Waals surface area contributed by atoms with Crippen LogP contribution >= 0.6 is 0 Å². The van der Waals surface area contributed by atoms with Gasteiger partial charge in [0.05, 0.1) is 5.92 Å². The molecule has 3 heterocycles. The van der Waals surface area contributed by atoms with Gasteiger partial charge in [0.1, 0.15) is 24.8 Å². The molecule has 2 amide bonds. The molecule has 0 unspecified atom stereocenters. The number of hydrogen-bond donors (Lipinski definition) is 2. The molecule has 3 aromatic rings. The third-order valence-corrected chi connectivity index (χ3v) is 4.34. The largest absolute Gasteiger partial charge is 0.355 e. The van der Waals surface area contributed by atoms with Crippen LogP contribution in [0.2, 0.25) is 0 Å². The first kappa shape index (κ1) is 17.6. The molecule has 4 rings (SSSR count). The summed E-state index contributed by atoms with van der Waals surface area (Å²) in [5.74, 6) is 1.05. The lowest BCUT2D eigenvalue weighted by atomic mass is 9.99. The van der Waals surface area contributed by atoms with Crippen molar-refractivity contribution >= 4 is 29.0 Å². The molecule has 1 aliphatic rings. The number of carbonyl (C=O) groups excluding carboxylic acids is 2. The maximum atomic E-state index is 12.4. The Labute approximate surface area is 160 Å². The molecule has 0 saturated carbocycles. The van der Waals surface area contributed by atoms with E-state index in [4.69, 9.17) is 0 Å². The van der Waals surface area contributed by atoms with Crippen molar-refractivity contribution in [3.8, 4) is 5.82 Å². The number of amides is 2. The highest BCUT2D eigenvalue weighted by molar-refractivity contribution is 5.95. The van der Waals surface area contributed by atoms with E-state index in [1.807, 2.05) is 11.0 Å². The van der Waals surface area contributed by atoms with Gasteiger partial charge in [0, 0.05) is 37.5 Å². The summed E-state index contributed by atoms with van der Waals surface area (Å²) in [5, 5.41) is 9.64. The SMILES string of the molecule is CC(=O)Nc1ccc(NC(=O)C2CN(c3cc(-n4cncn4)ncn3)C2)cc1. The van der Waals surface area contributed by atoms with E-state index in [0.717, 1.165) is 5.82 Å². The highest BCUT2D eigenvalue weighted by Gasteiger charge is 2.33. The fourth-order valence-corrected chi connectivity index (χ4v) is 2.88. The summed E-state index contributed by atoms with van der Waals surface area (Å²) in [6, 6.07) is 8.82. The number of benzene rings is 1. The van der Waals surface area contributed by atoms with Crippen molar-refractivity contribution in [2.75, 3.05) is 28.6 Å². The lowest BCUT2D eigenvalue weighted by Crippen LogP contribution is -2.52. The lowest BCUT2D eigenvalue weighted by Gasteiger charge is -2.39. The summed E-state index contributed by atoms with van der Waals surface area (Å²) >= 11 is 0. The molecule has 10 nitrogen and oxygen atoms in total. The van der Waals surface area contributed by atoms with Crippen molar-refractivity contribution in [1.82, 2.24) is 24.7 Å². The molecule has 1 fully saturated rings. The summed E-state index contributed by atoms with van der Waals surface area (Å²) in [6.45, 7) is 2.60. The highest BCUT2D eigenvalue weighted by Crippen LogP contribution is 2.25. The van der Waals surface area contributed by atoms with Crippen molar-refractivity contribution in [1.29, 1.82) is 0 Å². The van der Waals surface area contributed by atoms with E-state index in [0.29, 0.717) is 30.3 Å². The number of rotatable bonds is 5. The molecule has 2 N–H and O–H groups in total. The van der Waals surface area contributed by atoms with Crippen LogP contribution in [-0.4, -0.2) is 49.6 Å². The fourth-order valence-electron chi connectivity index (χ4n) is 2.88. The molecule has 0 radical (unpaired) electrons. The maximum absolute atomic E-state index is 12.4. The van der Waals surface area contributed by atoms with Gasteiger partial charge in [-0.1, -0.05) is 0 Å². The van der Waals surface area contributed by atoms with Gasteiger partial charge in [-0.15, -0.1) is 0 Å². The zero-order valence-corrected chi connectivity index (χ0v) is 15.1. The Kier molecular flexibility index (Phi) is 4.67. The van der Waals surface area contributed by atoms with Gasteiger partial charge in [0.25, 0.3) is 0 Å². The molecular weight excluding hydrogens is 360 g/mol. The van der Waals surface area contributed by atoms with Crippen molar-refractivity contribution in [2.45, 2.75) is 6.92 Å². The van der Waals surface area contributed by atoms with E-state index in [2.05, 4.69) is 30.7 Å². The van der Waals surface area contributed by atoms with Crippen LogP contribution in [0, 0.1) is 5.92 Å². The molecule has 10 heteroatoms. The fraction of sp³-hybridized carbons (Fsp3) is 0.222. The van der Waals surface area contributed by atoms with Crippen LogP contribution in [0.15, 0.2) is 49.3 Å². The summed E-state index contributed by atoms with van der Waals surface area (Å²) in [4.78, 5) is 37.8. The van der Waals surface area contributed by atoms with Gasteiger partial charge in [0.15, 0.2) is 5.82 Å². The third kappa shape index (κ3) is 3.80. The van der Waals surface area contributed by atoms with Gasteiger partial charge in [-0.25, -0.2) is 19.6 Å². The molecule has 0 aliphatic carbocycles. The average molecular weight is 378 g/mol. The molecule has 142 valence electrons. The van der Waals surface area contributed by atoms with Crippen molar-refractivity contribution in [2.24, 2.45) is 5.92 Å². The smallest absolute Gasteiger partial charge is 0.231 e. The molecule has 0 spiro atoms. The van der Waals surface area contributed by atoms with E-state index in [-0.39, 0.29) is 17.7 Å². The predicted octanol–water partition coefficient (Wildman–Crippen LogP) is 1.09. The molecule has 1 aromatic carbocycles. The van der Waals surface area contributed by atoms with Gasteiger partial charge in [0.2, 0.25) is 11.8 Å². The number of anilines is 3. The molecule has 1 aliphatic heterocycles. The Bertz CT molecular complexity index is 981. The first-order valence-corrected chi connectivity index (χ1v) is 8.69. The number of nitrogens with one attached hydrogen (secondary N) is 2. The minimum Gasteiger partial charge on any atom is -0.355 e. The standard InChI is InChI=1S/C18H18N8O2/c1-12(27)23-14-2-4-15(5-3-14)24-18(28)13-7-25(8-13)16-6-17(21-10-20-16)26-11-19-9-22-26/h2-6,9-11,13H,7-8H2,1H3,(H,23,27)(H,24,28). The quantitative estimate of drug-likeness (QED) is 0.682. The van der Waals surface area contributed by atoms with Gasteiger partial charge < -0.3 is 15.5 Å². The Morgan fingerprint density at radius 1 is 1.00 bits per heavy atom. The highest BCUT2D eigenvalue weighted by atomic mass is 16.2. The van der Waals surface area contributed by atoms with Crippen LogP contribution in [-0.2, 0) is 9.59 Å². The average Bonchev–Trinajstić information content (AvgIpc) is 3.17. The van der Waals surface area contributed by atoms with Crippen LogP contribution < -0.4 is 15.5 Å². The van der Waals surface area contributed by atoms with Crippen molar-refractivity contribution in [3.05, 3.63) is 49.3 Å². The van der Waals surface area contributed by atoms with Gasteiger partial charge >= 0.3 is 0 Å². The number of carbonyl (C=O) groups is 2. The van der Waals surface area contributed by atoms with Crippen LogP contribution in [0.3, 0.4) is 0 Å². The van der Waals surface area contributed by atoms with E-state index in [1.165, 1.54) is 19.6 Å². The Balaban J connectivity index is 1.33. The minimum absolute atomic E-state index is 0.0471.